The molecule has 4 heterocycles. The number of ether oxygens (including phenoxy) is 1. The normalized spacial score (nSPS) is 21.6. The van der Waals surface area contributed by atoms with E-state index in [4.69, 9.17) is 4.74 Å². The van der Waals surface area contributed by atoms with Gasteiger partial charge in [-0.3, -0.25) is 24.5 Å². The molecule has 2 aromatic rings. The number of rotatable bonds is 5. The fourth-order valence-corrected chi connectivity index (χ4v) is 5.92. The maximum Gasteiger partial charge on any atom is 0.309 e. The van der Waals surface area contributed by atoms with E-state index >= 15 is 0 Å². The minimum Gasteiger partial charge on any atom is -0.466 e. The Morgan fingerprint density at radius 2 is 1.89 bits per heavy atom. The van der Waals surface area contributed by atoms with Crippen molar-refractivity contribution in [1.82, 2.24) is 9.47 Å². The van der Waals surface area contributed by atoms with Crippen LogP contribution in [0.1, 0.15) is 48.2 Å². The minimum absolute atomic E-state index is 0.00390. The van der Waals surface area contributed by atoms with Gasteiger partial charge < -0.3 is 19.1 Å². The van der Waals surface area contributed by atoms with Crippen molar-refractivity contribution in [1.29, 1.82) is 0 Å². The molecule has 2 fully saturated rings. The van der Waals surface area contributed by atoms with E-state index in [9.17, 15) is 24.5 Å². The van der Waals surface area contributed by atoms with Gasteiger partial charge in [0.05, 0.1) is 17.4 Å². The molecule has 2 bridgehead atoms. The quantitative estimate of drug-likeness (QED) is 0.357. The van der Waals surface area contributed by atoms with Crippen LogP contribution in [-0.2, 0) is 16.1 Å². The summed E-state index contributed by atoms with van der Waals surface area (Å²) in [7, 11) is 0. The Morgan fingerprint density at radius 3 is 2.61 bits per heavy atom. The van der Waals surface area contributed by atoms with Crippen LogP contribution >= 0.6 is 0 Å². The summed E-state index contributed by atoms with van der Waals surface area (Å²) >= 11 is 0. The molecule has 2 saturated heterocycles. The number of carbonyl (C=O) groups is 2. The number of carbonyl (C=O) groups excluding carboxylic acids is 2. The number of benzene rings is 1. The lowest BCUT2D eigenvalue weighted by atomic mass is 9.83. The first-order valence-electron chi connectivity index (χ1n) is 12.5. The number of nitro groups is 1. The van der Waals surface area contributed by atoms with Crippen LogP contribution in [0.4, 0.5) is 11.4 Å². The SMILES string of the molecule is CCOC(=O)C1CCN(C(=O)c2ccc(N3CC4CC(C3)c3cccc(=O)n3C4)c([N+](=O)[O-])c2)CC1. The van der Waals surface area contributed by atoms with Gasteiger partial charge in [0.2, 0.25) is 0 Å². The van der Waals surface area contributed by atoms with Crippen molar-refractivity contribution in [3.63, 3.8) is 0 Å². The molecule has 3 aliphatic rings. The van der Waals surface area contributed by atoms with Gasteiger partial charge in [0.25, 0.3) is 17.2 Å². The number of amides is 1. The third kappa shape index (κ3) is 4.47. The minimum atomic E-state index is -0.429. The lowest BCUT2D eigenvalue weighted by Crippen LogP contribution is -2.47. The second kappa shape index (κ2) is 9.75. The van der Waals surface area contributed by atoms with Crippen LogP contribution in [0, 0.1) is 22.0 Å². The van der Waals surface area contributed by atoms with Crippen LogP contribution in [0.15, 0.2) is 41.2 Å². The van der Waals surface area contributed by atoms with Crippen LogP contribution in [0.3, 0.4) is 0 Å². The predicted molar refractivity (Wildman–Crippen MR) is 132 cm³/mol. The molecule has 2 unspecified atom stereocenters. The first kappa shape index (κ1) is 24.0. The lowest BCUT2D eigenvalue weighted by Gasteiger charge is -2.43. The number of aromatic nitrogens is 1. The summed E-state index contributed by atoms with van der Waals surface area (Å²) in [6, 6.07) is 10.0. The number of anilines is 1. The maximum absolute atomic E-state index is 13.1. The fraction of sp³-hybridized carbons (Fsp3) is 0.500. The van der Waals surface area contributed by atoms with E-state index in [1.807, 2.05) is 15.5 Å². The molecule has 3 aliphatic heterocycles. The van der Waals surface area contributed by atoms with Gasteiger partial charge in [0, 0.05) is 62.0 Å². The average molecular weight is 495 g/mol. The Hall–Kier alpha value is -3.69. The molecule has 36 heavy (non-hydrogen) atoms. The summed E-state index contributed by atoms with van der Waals surface area (Å²) in [5.41, 5.74) is 1.65. The number of nitrogens with zero attached hydrogens (tertiary/aromatic N) is 4. The van der Waals surface area contributed by atoms with E-state index in [2.05, 4.69) is 0 Å². The van der Waals surface area contributed by atoms with Crippen LogP contribution in [-0.4, -0.2) is 59.1 Å². The van der Waals surface area contributed by atoms with Gasteiger partial charge in [-0.05, 0) is 50.3 Å². The van der Waals surface area contributed by atoms with Crippen LogP contribution in [0.5, 0.6) is 0 Å². The monoisotopic (exact) mass is 494 g/mol. The molecule has 0 radical (unpaired) electrons. The molecule has 1 aromatic carbocycles. The predicted octanol–water partition coefficient (Wildman–Crippen LogP) is 2.80. The summed E-state index contributed by atoms with van der Waals surface area (Å²) in [4.78, 5) is 52.7. The number of pyridine rings is 1. The molecule has 1 aromatic heterocycles. The summed E-state index contributed by atoms with van der Waals surface area (Å²) in [5.74, 6) is -0.379. The molecule has 2 atom stereocenters. The van der Waals surface area contributed by atoms with Crippen molar-refractivity contribution >= 4 is 23.3 Å². The van der Waals surface area contributed by atoms with Crippen molar-refractivity contribution in [2.24, 2.45) is 11.8 Å². The van der Waals surface area contributed by atoms with Gasteiger partial charge in [0.1, 0.15) is 5.69 Å². The molecule has 0 saturated carbocycles. The summed E-state index contributed by atoms with van der Waals surface area (Å²) < 4.78 is 6.92. The average Bonchev–Trinajstić information content (AvgIpc) is 2.88. The first-order chi connectivity index (χ1) is 17.4. The fourth-order valence-electron chi connectivity index (χ4n) is 5.92. The maximum atomic E-state index is 13.1. The van der Waals surface area contributed by atoms with Crippen LogP contribution in [0.2, 0.25) is 0 Å². The molecule has 0 spiro atoms. The third-order valence-electron chi connectivity index (χ3n) is 7.64. The Morgan fingerprint density at radius 1 is 1.11 bits per heavy atom. The molecule has 1 amide bonds. The number of esters is 1. The Balaban J connectivity index is 1.34. The Labute approximate surface area is 208 Å². The van der Waals surface area contributed by atoms with E-state index < -0.39 is 4.92 Å². The molecular formula is C26H30N4O6. The second-order valence-electron chi connectivity index (χ2n) is 9.88. The lowest BCUT2D eigenvalue weighted by molar-refractivity contribution is -0.384. The highest BCUT2D eigenvalue weighted by Crippen LogP contribution is 2.40. The molecule has 10 nitrogen and oxygen atoms in total. The van der Waals surface area contributed by atoms with E-state index in [-0.39, 0.29) is 46.4 Å². The van der Waals surface area contributed by atoms with Gasteiger partial charge in [-0.1, -0.05) is 6.07 Å². The number of nitro benzene ring substituents is 1. The van der Waals surface area contributed by atoms with Gasteiger partial charge in [-0.2, -0.15) is 0 Å². The Kier molecular flexibility index (Phi) is 6.51. The summed E-state index contributed by atoms with van der Waals surface area (Å²) in [6.45, 7) is 4.72. The first-order valence-corrected chi connectivity index (χ1v) is 12.5. The van der Waals surface area contributed by atoms with E-state index in [0.717, 1.165) is 12.1 Å². The highest BCUT2D eigenvalue weighted by atomic mass is 16.6. The third-order valence-corrected chi connectivity index (χ3v) is 7.64. The smallest absolute Gasteiger partial charge is 0.309 e. The standard InChI is InChI=1S/C26H30N4O6/c1-2-36-26(33)18-8-10-27(11-9-18)25(32)19-6-7-22(23(13-19)30(34)35)28-14-17-12-20(16-28)21-4-3-5-24(31)29(21)15-17/h3-7,13,17-18,20H,2,8-12,14-16H2,1H3. The topological polar surface area (TPSA) is 115 Å². The van der Waals surface area contributed by atoms with Gasteiger partial charge >= 0.3 is 5.97 Å². The molecule has 5 rings (SSSR count). The van der Waals surface area contributed by atoms with Crippen molar-refractivity contribution < 1.29 is 19.2 Å². The van der Waals surface area contributed by atoms with E-state index in [1.165, 1.54) is 6.07 Å². The summed E-state index contributed by atoms with van der Waals surface area (Å²) in [6.07, 6.45) is 1.99. The zero-order valence-electron chi connectivity index (χ0n) is 20.3. The van der Waals surface area contributed by atoms with Crippen molar-refractivity contribution in [3.05, 3.63) is 68.1 Å². The zero-order chi connectivity index (χ0) is 25.4. The van der Waals surface area contributed by atoms with Gasteiger partial charge in [-0.25, -0.2) is 0 Å². The molecular weight excluding hydrogens is 464 g/mol. The number of piperidine rings is 2. The van der Waals surface area contributed by atoms with Crippen LogP contribution < -0.4 is 10.5 Å². The van der Waals surface area contributed by atoms with Crippen molar-refractivity contribution in [2.75, 3.05) is 37.7 Å². The highest BCUT2D eigenvalue weighted by molar-refractivity contribution is 5.96. The highest BCUT2D eigenvalue weighted by Gasteiger charge is 2.37. The number of hydrogen-bond donors (Lipinski definition) is 0. The van der Waals surface area contributed by atoms with Gasteiger partial charge in [0.15, 0.2) is 0 Å². The zero-order valence-corrected chi connectivity index (χ0v) is 20.3. The Bertz CT molecular complexity index is 1250. The van der Waals surface area contributed by atoms with Gasteiger partial charge in [-0.15, -0.1) is 0 Å². The molecule has 0 aliphatic carbocycles. The number of likely N-dealkylation sites (tertiary alicyclic amines) is 1. The molecule has 190 valence electrons. The van der Waals surface area contributed by atoms with E-state index in [1.54, 1.807) is 36.1 Å². The van der Waals surface area contributed by atoms with Crippen LogP contribution in [0.25, 0.3) is 0 Å². The molecule has 10 heteroatoms. The largest absolute Gasteiger partial charge is 0.466 e. The van der Waals surface area contributed by atoms with E-state index in [0.29, 0.717) is 57.9 Å². The second-order valence-corrected chi connectivity index (χ2v) is 9.88. The number of hydrogen-bond acceptors (Lipinski definition) is 7. The molecule has 0 N–H and O–H groups in total. The van der Waals surface area contributed by atoms with Crippen molar-refractivity contribution in [2.45, 2.75) is 38.6 Å². The van der Waals surface area contributed by atoms with Crippen molar-refractivity contribution in [3.8, 4) is 0 Å². The summed E-state index contributed by atoms with van der Waals surface area (Å²) in [5, 5.41) is 12.0. The number of fused-ring (bicyclic) bond motifs is 4.